The second-order valence-corrected chi connectivity index (χ2v) is 5.61. The van der Waals surface area contributed by atoms with Crippen molar-refractivity contribution >= 4 is 22.3 Å². The van der Waals surface area contributed by atoms with Crippen LogP contribution in [0.1, 0.15) is 28.7 Å². The third-order valence-corrected chi connectivity index (χ3v) is 4.28. The second-order valence-electron chi connectivity index (χ2n) is 4.65. The van der Waals surface area contributed by atoms with E-state index in [0.717, 1.165) is 12.2 Å². The highest BCUT2D eigenvalue weighted by atomic mass is 32.1. The smallest absolute Gasteiger partial charge is 0.356 e. The van der Waals surface area contributed by atoms with E-state index in [1.54, 1.807) is 4.52 Å². The van der Waals surface area contributed by atoms with Crippen molar-refractivity contribution in [3.63, 3.8) is 0 Å². The minimum Gasteiger partial charge on any atom is -0.476 e. The van der Waals surface area contributed by atoms with Gasteiger partial charge in [-0.25, -0.2) is 9.78 Å². The average molecular weight is 306 g/mol. The molecule has 0 aliphatic carbocycles. The molecule has 10 heteroatoms. The number of rotatable bonds is 3. The van der Waals surface area contributed by atoms with E-state index in [4.69, 9.17) is 9.84 Å². The Bertz CT molecular complexity index is 815. The van der Waals surface area contributed by atoms with Crippen molar-refractivity contribution in [2.45, 2.75) is 12.3 Å². The molecule has 3 aromatic heterocycles. The maximum atomic E-state index is 11.1. The van der Waals surface area contributed by atoms with E-state index < -0.39 is 5.97 Å². The number of fused-ring (bicyclic) bond motifs is 1. The Hall–Kier alpha value is -2.33. The number of H-pyrrole nitrogens is 1. The van der Waals surface area contributed by atoms with Gasteiger partial charge in [0.05, 0.1) is 12.9 Å². The van der Waals surface area contributed by atoms with Gasteiger partial charge < -0.3 is 14.8 Å². The van der Waals surface area contributed by atoms with Crippen molar-refractivity contribution in [2.75, 3.05) is 13.2 Å². The summed E-state index contributed by atoms with van der Waals surface area (Å²) in [5.41, 5.74) is 0.331. The monoisotopic (exact) mass is 306 g/mol. The number of aromatic carboxylic acids is 1. The van der Waals surface area contributed by atoms with Crippen LogP contribution in [0.5, 0.6) is 0 Å². The number of nitrogens with zero attached hydrogens (tertiary/aromatic N) is 5. The fourth-order valence-electron chi connectivity index (χ4n) is 2.35. The van der Waals surface area contributed by atoms with Crippen LogP contribution in [0.4, 0.5) is 0 Å². The van der Waals surface area contributed by atoms with Gasteiger partial charge in [0.1, 0.15) is 5.69 Å². The van der Waals surface area contributed by atoms with E-state index in [9.17, 15) is 4.79 Å². The summed E-state index contributed by atoms with van der Waals surface area (Å²) in [6, 6.07) is 0. The van der Waals surface area contributed by atoms with E-state index in [2.05, 4.69) is 25.3 Å². The lowest BCUT2D eigenvalue weighted by atomic mass is 10.1. The fourth-order valence-corrected chi connectivity index (χ4v) is 3.20. The van der Waals surface area contributed by atoms with Gasteiger partial charge in [-0.05, 0) is 6.42 Å². The minimum atomic E-state index is -1.10. The van der Waals surface area contributed by atoms with Crippen LogP contribution in [0.15, 0.2) is 6.33 Å². The average Bonchev–Trinajstić information content (AvgIpc) is 3.21. The number of aromatic amines is 1. The zero-order valence-corrected chi connectivity index (χ0v) is 11.5. The standard InChI is InChI=1S/C11H10N6O3S/c18-10(19)7-6(12-4-13-7)9-16-17-8(5-1-2-20-3-5)14-15-11(17)21-9/h4-5H,1-3H2,(H,12,13)(H,18,19). The zero-order valence-electron chi connectivity index (χ0n) is 10.7. The molecule has 2 N–H and O–H groups in total. The van der Waals surface area contributed by atoms with E-state index in [1.807, 2.05) is 0 Å². The normalized spacial score (nSPS) is 18.6. The highest BCUT2D eigenvalue weighted by Gasteiger charge is 2.26. The molecular formula is C11H10N6O3S. The molecule has 0 radical (unpaired) electrons. The molecule has 1 aliphatic rings. The van der Waals surface area contributed by atoms with Crippen molar-refractivity contribution in [3.05, 3.63) is 17.8 Å². The van der Waals surface area contributed by atoms with Crippen molar-refractivity contribution in [3.8, 4) is 10.7 Å². The maximum absolute atomic E-state index is 11.1. The molecule has 0 spiro atoms. The van der Waals surface area contributed by atoms with Crippen LogP contribution in [0.3, 0.4) is 0 Å². The largest absolute Gasteiger partial charge is 0.476 e. The Labute approximate surface area is 121 Å². The molecule has 1 saturated heterocycles. The number of carboxylic acid groups (broad SMARTS) is 1. The van der Waals surface area contributed by atoms with Crippen molar-refractivity contribution in [1.82, 2.24) is 29.8 Å². The molecule has 4 heterocycles. The number of carbonyl (C=O) groups is 1. The van der Waals surface area contributed by atoms with Gasteiger partial charge >= 0.3 is 5.97 Å². The van der Waals surface area contributed by atoms with Gasteiger partial charge in [-0.1, -0.05) is 11.3 Å². The first-order valence-electron chi connectivity index (χ1n) is 6.31. The SMILES string of the molecule is O=C(O)c1nc[nH]c1-c1nn2c(C3CCOC3)nnc2s1. The molecular weight excluding hydrogens is 296 g/mol. The van der Waals surface area contributed by atoms with Crippen LogP contribution < -0.4 is 0 Å². The number of carboxylic acids is 1. The summed E-state index contributed by atoms with van der Waals surface area (Å²) in [5, 5.41) is 22.3. The summed E-state index contributed by atoms with van der Waals surface area (Å²) in [4.78, 5) is 18.4. The Morgan fingerprint density at radius 3 is 3.19 bits per heavy atom. The molecule has 0 amide bonds. The van der Waals surface area contributed by atoms with Crippen LogP contribution in [0.2, 0.25) is 0 Å². The molecule has 0 bridgehead atoms. The Morgan fingerprint density at radius 1 is 1.52 bits per heavy atom. The summed E-state index contributed by atoms with van der Waals surface area (Å²) in [5.74, 6) is -0.168. The lowest BCUT2D eigenvalue weighted by molar-refractivity contribution is 0.0692. The van der Waals surface area contributed by atoms with Gasteiger partial charge in [0.15, 0.2) is 16.5 Å². The summed E-state index contributed by atoms with van der Waals surface area (Å²) in [6.45, 7) is 1.32. The Kier molecular flexibility index (Phi) is 2.72. The van der Waals surface area contributed by atoms with E-state index in [-0.39, 0.29) is 11.6 Å². The molecule has 3 aromatic rings. The molecule has 1 aliphatic heterocycles. The van der Waals surface area contributed by atoms with Crippen LogP contribution >= 0.6 is 11.3 Å². The number of imidazole rings is 1. The van der Waals surface area contributed by atoms with Crippen molar-refractivity contribution in [1.29, 1.82) is 0 Å². The number of hydrogen-bond acceptors (Lipinski definition) is 7. The number of nitrogens with one attached hydrogen (secondary N) is 1. The lowest BCUT2D eigenvalue weighted by Gasteiger charge is -2.01. The van der Waals surface area contributed by atoms with E-state index in [1.165, 1.54) is 17.7 Å². The van der Waals surface area contributed by atoms with Crippen molar-refractivity contribution < 1.29 is 14.6 Å². The Balaban J connectivity index is 1.80. The zero-order chi connectivity index (χ0) is 14.4. The molecule has 21 heavy (non-hydrogen) atoms. The van der Waals surface area contributed by atoms with Gasteiger partial charge in [0.25, 0.3) is 0 Å². The summed E-state index contributed by atoms with van der Waals surface area (Å²) < 4.78 is 7.02. The molecule has 1 unspecified atom stereocenters. The summed E-state index contributed by atoms with van der Waals surface area (Å²) >= 11 is 1.27. The highest BCUT2D eigenvalue weighted by molar-refractivity contribution is 7.19. The van der Waals surface area contributed by atoms with Gasteiger partial charge in [0.2, 0.25) is 4.96 Å². The van der Waals surface area contributed by atoms with E-state index in [0.29, 0.717) is 28.9 Å². The first kappa shape index (κ1) is 12.4. The number of hydrogen-bond donors (Lipinski definition) is 2. The first-order chi connectivity index (χ1) is 10.2. The Morgan fingerprint density at radius 2 is 2.43 bits per heavy atom. The predicted molar refractivity (Wildman–Crippen MR) is 71.4 cm³/mol. The number of aromatic nitrogens is 6. The van der Waals surface area contributed by atoms with Crippen LogP contribution in [0, 0.1) is 0 Å². The second kappa shape index (κ2) is 4.60. The fraction of sp³-hybridized carbons (Fsp3) is 0.364. The summed E-state index contributed by atoms with van der Waals surface area (Å²) in [6.07, 6.45) is 2.23. The third-order valence-electron chi connectivity index (χ3n) is 3.37. The molecule has 1 atom stereocenters. The maximum Gasteiger partial charge on any atom is 0.356 e. The molecule has 0 aromatic carbocycles. The molecule has 1 fully saturated rings. The predicted octanol–water partition coefficient (Wildman–Crippen LogP) is 0.778. The molecule has 4 rings (SSSR count). The third kappa shape index (κ3) is 1.91. The van der Waals surface area contributed by atoms with Crippen LogP contribution in [-0.4, -0.2) is 54.1 Å². The highest BCUT2D eigenvalue weighted by Crippen LogP contribution is 2.29. The van der Waals surface area contributed by atoms with Gasteiger partial charge in [-0.3, -0.25) is 0 Å². The van der Waals surface area contributed by atoms with E-state index >= 15 is 0 Å². The number of ether oxygens (including phenoxy) is 1. The first-order valence-corrected chi connectivity index (χ1v) is 7.12. The topological polar surface area (TPSA) is 118 Å². The lowest BCUT2D eigenvalue weighted by Crippen LogP contribution is -2.05. The minimum absolute atomic E-state index is 0.0503. The molecule has 108 valence electrons. The molecule has 9 nitrogen and oxygen atoms in total. The molecule has 0 saturated carbocycles. The van der Waals surface area contributed by atoms with Gasteiger partial charge in [-0.15, -0.1) is 10.2 Å². The van der Waals surface area contributed by atoms with Gasteiger partial charge in [0, 0.05) is 12.5 Å². The summed E-state index contributed by atoms with van der Waals surface area (Å²) in [7, 11) is 0. The van der Waals surface area contributed by atoms with Gasteiger partial charge in [-0.2, -0.15) is 9.61 Å². The van der Waals surface area contributed by atoms with Crippen LogP contribution in [0.25, 0.3) is 15.7 Å². The van der Waals surface area contributed by atoms with Crippen molar-refractivity contribution in [2.24, 2.45) is 0 Å². The quantitative estimate of drug-likeness (QED) is 0.733. The van der Waals surface area contributed by atoms with Crippen LogP contribution in [-0.2, 0) is 4.74 Å².